The third-order valence-corrected chi connectivity index (χ3v) is 3.12. The van der Waals surface area contributed by atoms with Gasteiger partial charge >= 0.3 is 0 Å². The Morgan fingerprint density at radius 3 is 2.50 bits per heavy atom. The van der Waals surface area contributed by atoms with Gasteiger partial charge in [-0.15, -0.1) is 0 Å². The molecule has 0 heterocycles. The van der Waals surface area contributed by atoms with Crippen molar-refractivity contribution in [1.29, 1.82) is 0 Å². The molecule has 2 aromatic rings. The molecule has 2 nitrogen and oxygen atoms in total. The Morgan fingerprint density at radius 1 is 1.15 bits per heavy atom. The Hall–Kier alpha value is -1.94. The smallest absolute Gasteiger partial charge is 0.129 e. The van der Waals surface area contributed by atoms with E-state index in [9.17, 15) is 8.78 Å². The van der Waals surface area contributed by atoms with E-state index in [-0.39, 0.29) is 24.3 Å². The number of ether oxygens (including phenoxy) is 1. The van der Waals surface area contributed by atoms with Crippen LogP contribution in [0.15, 0.2) is 36.4 Å². The Morgan fingerprint density at radius 2 is 1.85 bits per heavy atom. The number of halogens is 2. The molecule has 1 atom stereocenters. The van der Waals surface area contributed by atoms with Gasteiger partial charge in [-0.1, -0.05) is 18.2 Å². The van der Waals surface area contributed by atoms with Crippen LogP contribution >= 0.6 is 0 Å². The Labute approximate surface area is 117 Å². The molecule has 2 aromatic carbocycles. The van der Waals surface area contributed by atoms with Crippen molar-refractivity contribution in [2.45, 2.75) is 26.5 Å². The minimum Gasteiger partial charge on any atom is -0.488 e. The highest BCUT2D eigenvalue weighted by Gasteiger charge is 2.13. The lowest BCUT2D eigenvalue weighted by molar-refractivity contribution is 0.294. The van der Waals surface area contributed by atoms with Gasteiger partial charge < -0.3 is 10.5 Å². The number of hydrogen-bond donors (Lipinski definition) is 1. The topological polar surface area (TPSA) is 35.2 Å². The van der Waals surface area contributed by atoms with Crippen molar-refractivity contribution in [1.82, 2.24) is 0 Å². The van der Waals surface area contributed by atoms with Crippen LogP contribution < -0.4 is 10.5 Å². The molecule has 0 saturated heterocycles. The van der Waals surface area contributed by atoms with Crippen molar-refractivity contribution >= 4 is 0 Å². The van der Waals surface area contributed by atoms with E-state index < -0.39 is 0 Å². The lowest BCUT2D eigenvalue weighted by Crippen LogP contribution is -2.09. The number of benzene rings is 2. The van der Waals surface area contributed by atoms with Gasteiger partial charge in [-0.25, -0.2) is 8.78 Å². The largest absolute Gasteiger partial charge is 0.488 e. The van der Waals surface area contributed by atoms with Crippen molar-refractivity contribution in [2.75, 3.05) is 0 Å². The summed E-state index contributed by atoms with van der Waals surface area (Å²) in [7, 11) is 0. The van der Waals surface area contributed by atoms with Crippen molar-refractivity contribution < 1.29 is 13.5 Å². The lowest BCUT2D eigenvalue weighted by Gasteiger charge is -2.15. The molecule has 0 aliphatic rings. The normalized spacial score (nSPS) is 12.2. The van der Waals surface area contributed by atoms with Crippen LogP contribution in [-0.2, 0) is 6.61 Å². The van der Waals surface area contributed by atoms with Gasteiger partial charge in [-0.05, 0) is 37.6 Å². The summed E-state index contributed by atoms with van der Waals surface area (Å²) in [6.07, 6.45) is 0. The van der Waals surface area contributed by atoms with Gasteiger partial charge in [0.1, 0.15) is 24.0 Å². The zero-order chi connectivity index (χ0) is 14.7. The van der Waals surface area contributed by atoms with E-state index >= 15 is 0 Å². The van der Waals surface area contributed by atoms with Crippen LogP contribution in [0.2, 0.25) is 0 Å². The summed E-state index contributed by atoms with van der Waals surface area (Å²) >= 11 is 0. The number of hydrogen-bond acceptors (Lipinski definition) is 2. The van der Waals surface area contributed by atoms with Gasteiger partial charge in [0.25, 0.3) is 0 Å². The minimum atomic E-state index is -0.360. The van der Waals surface area contributed by atoms with Crippen LogP contribution in [0.25, 0.3) is 0 Å². The molecule has 0 aliphatic heterocycles. The fraction of sp³-hybridized carbons (Fsp3) is 0.250. The van der Waals surface area contributed by atoms with Gasteiger partial charge in [-0.3, -0.25) is 0 Å². The SMILES string of the molecule is Cc1cc(OCc2ccccc2F)c([C@@H](C)N)cc1F. The van der Waals surface area contributed by atoms with Crippen molar-refractivity contribution in [3.8, 4) is 5.75 Å². The van der Waals surface area contributed by atoms with E-state index in [1.165, 1.54) is 12.1 Å². The second-order valence-corrected chi connectivity index (χ2v) is 4.81. The maximum Gasteiger partial charge on any atom is 0.129 e. The predicted octanol–water partition coefficient (Wildman–Crippen LogP) is 3.87. The monoisotopic (exact) mass is 277 g/mol. The van der Waals surface area contributed by atoms with E-state index in [1.54, 1.807) is 38.1 Å². The van der Waals surface area contributed by atoms with Gasteiger partial charge in [-0.2, -0.15) is 0 Å². The average Bonchev–Trinajstić information content (AvgIpc) is 2.41. The van der Waals surface area contributed by atoms with Gasteiger partial charge in [0.15, 0.2) is 0 Å². The summed E-state index contributed by atoms with van der Waals surface area (Å²) < 4.78 is 32.7. The van der Waals surface area contributed by atoms with E-state index in [0.717, 1.165) is 0 Å². The summed E-state index contributed by atoms with van der Waals surface area (Å²) in [6, 6.07) is 8.99. The fourth-order valence-corrected chi connectivity index (χ4v) is 1.92. The van der Waals surface area contributed by atoms with Crippen molar-refractivity contribution in [3.63, 3.8) is 0 Å². The van der Waals surface area contributed by atoms with Crippen LogP contribution in [0.5, 0.6) is 5.75 Å². The maximum atomic E-state index is 13.6. The highest BCUT2D eigenvalue weighted by atomic mass is 19.1. The molecule has 106 valence electrons. The van der Waals surface area contributed by atoms with Gasteiger partial charge in [0.05, 0.1) is 0 Å². The van der Waals surface area contributed by atoms with Crippen LogP contribution in [0.1, 0.15) is 29.7 Å². The molecule has 0 unspecified atom stereocenters. The zero-order valence-electron chi connectivity index (χ0n) is 11.5. The number of nitrogens with two attached hydrogens (primary N) is 1. The van der Waals surface area contributed by atoms with Crippen LogP contribution in [0.3, 0.4) is 0 Å². The summed E-state index contributed by atoms with van der Waals surface area (Å²) in [5, 5.41) is 0. The second-order valence-electron chi connectivity index (χ2n) is 4.81. The summed E-state index contributed by atoms with van der Waals surface area (Å²) in [5.41, 5.74) is 7.30. The standard InChI is InChI=1S/C16H17F2NO/c1-10-7-16(13(11(2)19)8-15(10)18)20-9-12-5-3-4-6-14(12)17/h3-8,11H,9,19H2,1-2H3/t11-/m1/s1. The summed E-state index contributed by atoms with van der Waals surface area (Å²) in [6.45, 7) is 3.48. The van der Waals surface area contributed by atoms with Crippen molar-refractivity contribution in [2.24, 2.45) is 5.73 Å². The quantitative estimate of drug-likeness (QED) is 0.920. The van der Waals surface area contributed by atoms with Crippen LogP contribution in [0, 0.1) is 18.6 Å². The van der Waals surface area contributed by atoms with Gasteiger partial charge in [0, 0.05) is 17.2 Å². The Balaban J connectivity index is 2.25. The highest BCUT2D eigenvalue weighted by Crippen LogP contribution is 2.28. The van der Waals surface area contributed by atoms with Gasteiger partial charge in [0.2, 0.25) is 0 Å². The molecular formula is C16H17F2NO. The molecule has 0 spiro atoms. The summed E-state index contributed by atoms with van der Waals surface area (Å²) in [5.74, 6) is -0.161. The molecule has 0 aliphatic carbocycles. The predicted molar refractivity (Wildman–Crippen MR) is 74.5 cm³/mol. The fourth-order valence-electron chi connectivity index (χ4n) is 1.92. The van der Waals surface area contributed by atoms with Crippen LogP contribution in [-0.4, -0.2) is 0 Å². The maximum absolute atomic E-state index is 13.6. The van der Waals surface area contributed by atoms with Crippen molar-refractivity contribution in [3.05, 3.63) is 64.7 Å². The number of aryl methyl sites for hydroxylation is 1. The van der Waals surface area contributed by atoms with E-state index in [0.29, 0.717) is 22.4 Å². The number of rotatable bonds is 4. The first-order chi connectivity index (χ1) is 9.49. The Kier molecular flexibility index (Phi) is 4.35. The molecule has 0 amide bonds. The van der Waals surface area contributed by atoms with E-state index in [1.807, 2.05) is 0 Å². The minimum absolute atomic E-state index is 0.0808. The molecule has 0 aromatic heterocycles. The second kappa shape index (κ2) is 6.01. The highest BCUT2D eigenvalue weighted by molar-refractivity contribution is 5.40. The van der Waals surface area contributed by atoms with E-state index in [2.05, 4.69) is 0 Å². The average molecular weight is 277 g/mol. The molecule has 2 N–H and O–H groups in total. The van der Waals surface area contributed by atoms with E-state index in [4.69, 9.17) is 10.5 Å². The Bertz CT molecular complexity index is 611. The van der Waals surface area contributed by atoms with Crippen LogP contribution in [0.4, 0.5) is 8.78 Å². The first kappa shape index (κ1) is 14.5. The molecule has 0 fully saturated rings. The molecule has 0 saturated carbocycles. The first-order valence-corrected chi connectivity index (χ1v) is 6.41. The molecule has 4 heteroatoms. The third kappa shape index (κ3) is 3.14. The zero-order valence-corrected chi connectivity index (χ0v) is 11.5. The molecule has 0 bridgehead atoms. The third-order valence-electron chi connectivity index (χ3n) is 3.12. The molecular weight excluding hydrogens is 260 g/mol. The first-order valence-electron chi connectivity index (χ1n) is 6.41. The molecule has 0 radical (unpaired) electrons. The molecule has 2 rings (SSSR count). The summed E-state index contributed by atoms with van der Waals surface area (Å²) in [4.78, 5) is 0. The lowest BCUT2D eigenvalue weighted by atomic mass is 10.0. The molecule has 20 heavy (non-hydrogen) atoms.